The molecular weight excluding hydrogens is 248 g/mol. The van der Waals surface area contributed by atoms with Crippen LogP contribution in [0, 0.1) is 11.3 Å². The van der Waals surface area contributed by atoms with E-state index in [2.05, 4.69) is 11.2 Å². The Morgan fingerprint density at radius 2 is 2.10 bits per heavy atom. The Hall–Kier alpha value is -2.67. The minimum Gasteiger partial charge on any atom is -0.232 e. The van der Waals surface area contributed by atoms with Crippen molar-refractivity contribution in [1.29, 1.82) is 5.26 Å². The molecule has 0 bridgehead atoms. The van der Waals surface area contributed by atoms with Gasteiger partial charge in [-0.2, -0.15) is 10.4 Å². The summed E-state index contributed by atoms with van der Waals surface area (Å²) >= 11 is 0. The fourth-order valence-electron chi connectivity index (χ4n) is 2.85. The molecule has 0 unspecified atom stereocenters. The molecule has 0 saturated heterocycles. The number of hydrogen-bond donors (Lipinski definition) is 0. The first-order valence-corrected chi connectivity index (χ1v) is 6.73. The van der Waals surface area contributed by atoms with Crippen LogP contribution in [0.3, 0.4) is 0 Å². The Kier molecular flexibility index (Phi) is 2.33. The molecule has 0 N–H and O–H groups in total. The van der Waals surface area contributed by atoms with Gasteiger partial charge in [-0.05, 0) is 37.0 Å². The molecule has 0 saturated carbocycles. The lowest BCUT2D eigenvalue weighted by Crippen LogP contribution is -2.05. The molecular formula is C16H12N4. The van der Waals surface area contributed by atoms with Crippen molar-refractivity contribution in [3.8, 4) is 11.9 Å². The third kappa shape index (κ3) is 1.53. The molecule has 2 aromatic heterocycles. The van der Waals surface area contributed by atoms with Crippen LogP contribution in [0.5, 0.6) is 0 Å². The molecule has 1 aliphatic carbocycles. The van der Waals surface area contributed by atoms with Crippen LogP contribution in [0.25, 0.3) is 16.7 Å². The van der Waals surface area contributed by atoms with E-state index in [1.165, 1.54) is 5.56 Å². The lowest BCUT2D eigenvalue weighted by Gasteiger charge is -2.08. The average molecular weight is 260 g/mol. The van der Waals surface area contributed by atoms with Crippen molar-refractivity contribution in [3.63, 3.8) is 0 Å². The summed E-state index contributed by atoms with van der Waals surface area (Å²) in [5, 5.41) is 14.8. The van der Waals surface area contributed by atoms with Crippen LogP contribution in [-0.2, 0) is 12.8 Å². The molecule has 4 rings (SSSR count). The van der Waals surface area contributed by atoms with Gasteiger partial charge in [0.05, 0.1) is 17.3 Å². The summed E-state index contributed by atoms with van der Waals surface area (Å²) in [6, 6.07) is 12.2. The lowest BCUT2D eigenvalue weighted by atomic mass is 10.1. The van der Waals surface area contributed by atoms with Crippen molar-refractivity contribution in [3.05, 3.63) is 53.3 Å². The molecule has 96 valence electrons. The van der Waals surface area contributed by atoms with E-state index < -0.39 is 0 Å². The van der Waals surface area contributed by atoms with Crippen LogP contribution < -0.4 is 0 Å². The number of pyridine rings is 1. The molecule has 3 aromatic rings. The highest BCUT2D eigenvalue weighted by molar-refractivity contribution is 5.80. The zero-order chi connectivity index (χ0) is 13.5. The van der Waals surface area contributed by atoms with E-state index in [1.54, 1.807) is 4.68 Å². The molecule has 0 radical (unpaired) electrons. The fourth-order valence-corrected chi connectivity index (χ4v) is 2.85. The quantitative estimate of drug-likeness (QED) is 0.676. The SMILES string of the molecule is N#Cc1cc2c(nc1-n1ncc3ccccc31)CCC2. The Labute approximate surface area is 116 Å². The molecule has 0 atom stereocenters. The number of benzene rings is 1. The second-order valence-electron chi connectivity index (χ2n) is 5.05. The maximum absolute atomic E-state index is 9.39. The van der Waals surface area contributed by atoms with E-state index in [0.29, 0.717) is 11.4 Å². The van der Waals surface area contributed by atoms with Gasteiger partial charge in [-0.3, -0.25) is 0 Å². The van der Waals surface area contributed by atoms with Gasteiger partial charge in [-0.25, -0.2) is 9.67 Å². The van der Waals surface area contributed by atoms with Crippen molar-refractivity contribution < 1.29 is 0 Å². The van der Waals surface area contributed by atoms with E-state index in [0.717, 1.165) is 35.9 Å². The van der Waals surface area contributed by atoms with Crippen LogP contribution in [0.2, 0.25) is 0 Å². The molecule has 0 amide bonds. The van der Waals surface area contributed by atoms with Gasteiger partial charge in [-0.15, -0.1) is 0 Å². The monoisotopic (exact) mass is 260 g/mol. The van der Waals surface area contributed by atoms with Gasteiger partial charge in [0.2, 0.25) is 0 Å². The van der Waals surface area contributed by atoms with Crippen LogP contribution in [0.15, 0.2) is 36.5 Å². The van der Waals surface area contributed by atoms with Gasteiger partial charge in [-0.1, -0.05) is 18.2 Å². The van der Waals surface area contributed by atoms with E-state index in [-0.39, 0.29) is 0 Å². The maximum atomic E-state index is 9.39. The largest absolute Gasteiger partial charge is 0.232 e. The molecule has 20 heavy (non-hydrogen) atoms. The zero-order valence-electron chi connectivity index (χ0n) is 10.9. The summed E-state index contributed by atoms with van der Waals surface area (Å²) in [4.78, 5) is 4.69. The van der Waals surface area contributed by atoms with E-state index in [4.69, 9.17) is 4.98 Å². The molecule has 0 aliphatic heterocycles. The summed E-state index contributed by atoms with van der Waals surface area (Å²) in [6.07, 6.45) is 4.95. The number of aryl methyl sites for hydroxylation is 2. The first-order valence-electron chi connectivity index (χ1n) is 6.73. The summed E-state index contributed by atoms with van der Waals surface area (Å²) in [7, 11) is 0. The van der Waals surface area contributed by atoms with Gasteiger partial charge in [0.1, 0.15) is 6.07 Å². The number of fused-ring (bicyclic) bond motifs is 2. The fraction of sp³-hybridized carbons (Fsp3) is 0.188. The minimum atomic E-state index is 0.597. The van der Waals surface area contributed by atoms with Crippen molar-refractivity contribution in [2.45, 2.75) is 19.3 Å². The third-order valence-corrected chi connectivity index (χ3v) is 3.83. The van der Waals surface area contributed by atoms with Crippen molar-refractivity contribution in [2.75, 3.05) is 0 Å². The first kappa shape index (κ1) is 11.2. The predicted molar refractivity (Wildman–Crippen MR) is 75.6 cm³/mol. The van der Waals surface area contributed by atoms with Crippen LogP contribution in [0.1, 0.15) is 23.2 Å². The Balaban J connectivity index is 2.01. The number of aromatic nitrogens is 3. The Morgan fingerprint density at radius 1 is 1.20 bits per heavy atom. The highest BCUT2D eigenvalue weighted by atomic mass is 15.3. The first-order chi connectivity index (χ1) is 9.86. The van der Waals surface area contributed by atoms with Gasteiger partial charge in [0.15, 0.2) is 5.82 Å². The van der Waals surface area contributed by atoms with Gasteiger partial charge in [0, 0.05) is 11.1 Å². The summed E-state index contributed by atoms with van der Waals surface area (Å²) in [6.45, 7) is 0. The Bertz CT molecular complexity index is 855. The second-order valence-corrected chi connectivity index (χ2v) is 5.05. The molecule has 0 spiro atoms. The van der Waals surface area contributed by atoms with Crippen LogP contribution in [-0.4, -0.2) is 14.8 Å². The van der Waals surface area contributed by atoms with Crippen LogP contribution >= 0.6 is 0 Å². The lowest BCUT2D eigenvalue weighted by molar-refractivity contribution is 0.849. The van der Waals surface area contributed by atoms with Crippen molar-refractivity contribution in [1.82, 2.24) is 14.8 Å². The highest BCUT2D eigenvalue weighted by Crippen LogP contribution is 2.26. The summed E-state index contributed by atoms with van der Waals surface area (Å²) in [5.41, 5.74) is 3.90. The molecule has 4 heteroatoms. The number of rotatable bonds is 1. The van der Waals surface area contributed by atoms with Gasteiger partial charge in [0.25, 0.3) is 0 Å². The van der Waals surface area contributed by atoms with Gasteiger partial charge >= 0.3 is 0 Å². The van der Waals surface area contributed by atoms with Crippen LogP contribution in [0.4, 0.5) is 0 Å². The molecule has 4 nitrogen and oxygen atoms in total. The maximum Gasteiger partial charge on any atom is 0.172 e. The summed E-state index contributed by atoms with van der Waals surface area (Å²) < 4.78 is 1.77. The molecule has 0 fully saturated rings. The zero-order valence-corrected chi connectivity index (χ0v) is 10.9. The van der Waals surface area contributed by atoms with E-state index in [1.807, 2.05) is 36.5 Å². The number of hydrogen-bond acceptors (Lipinski definition) is 3. The standard InChI is InChI=1S/C16H12N4/c17-9-13-8-11-5-3-6-14(11)19-16(13)20-15-7-2-1-4-12(15)10-18-20/h1-2,4,7-8,10H,3,5-6H2. The van der Waals surface area contributed by atoms with Crippen molar-refractivity contribution >= 4 is 10.9 Å². The number of para-hydroxylation sites is 1. The Morgan fingerprint density at radius 3 is 3.00 bits per heavy atom. The second kappa shape index (κ2) is 4.17. The normalized spacial score (nSPS) is 13.3. The minimum absolute atomic E-state index is 0.597. The van der Waals surface area contributed by atoms with E-state index >= 15 is 0 Å². The molecule has 2 heterocycles. The summed E-state index contributed by atoms with van der Waals surface area (Å²) in [5.74, 6) is 0.648. The smallest absolute Gasteiger partial charge is 0.172 e. The van der Waals surface area contributed by atoms with Crippen molar-refractivity contribution in [2.24, 2.45) is 0 Å². The third-order valence-electron chi connectivity index (χ3n) is 3.83. The topological polar surface area (TPSA) is 54.5 Å². The molecule has 1 aliphatic rings. The highest BCUT2D eigenvalue weighted by Gasteiger charge is 2.18. The average Bonchev–Trinajstić information content (AvgIpc) is 3.11. The van der Waals surface area contributed by atoms with Gasteiger partial charge < -0.3 is 0 Å². The number of nitriles is 1. The predicted octanol–water partition coefficient (Wildman–Crippen LogP) is 2.78. The van der Waals surface area contributed by atoms with E-state index in [9.17, 15) is 5.26 Å². The molecule has 1 aromatic carbocycles. The number of nitrogens with zero attached hydrogens (tertiary/aromatic N) is 4.